The van der Waals surface area contributed by atoms with Crippen molar-refractivity contribution in [3.05, 3.63) is 29.3 Å². The monoisotopic (exact) mass is 511 g/mol. The van der Waals surface area contributed by atoms with Crippen LogP contribution in [0.2, 0.25) is 0 Å². The summed E-state index contributed by atoms with van der Waals surface area (Å²) in [7, 11) is 0. The maximum absolute atomic E-state index is 12.7. The molecule has 3 aliphatic rings. The number of phenols is 1. The van der Waals surface area contributed by atoms with Gasteiger partial charge in [0.2, 0.25) is 12.2 Å². The smallest absolute Gasteiger partial charge is 0.247 e. The Bertz CT molecular complexity index is 1030. The molecule has 10 atom stereocenters. The van der Waals surface area contributed by atoms with Crippen LogP contribution in [0.25, 0.3) is 6.08 Å². The Morgan fingerprint density at radius 2 is 1.64 bits per heavy atom. The zero-order valence-corrected chi connectivity index (χ0v) is 19.4. The predicted octanol–water partition coefficient (Wildman–Crippen LogP) is -2.47. The fraction of sp³-hybridized carbons (Fsp3) is 0.565. The molecule has 4 rings (SSSR count). The number of carbonyl (C=O) groups is 2. The number of carbonyl (C=O) groups excluding carboxylic acids is 2. The van der Waals surface area contributed by atoms with Gasteiger partial charge in [0.05, 0.1) is 6.04 Å². The van der Waals surface area contributed by atoms with Gasteiger partial charge in [-0.15, -0.1) is 0 Å². The molecule has 1 aromatic carbocycles. The zero-order chi connectivity index (χ0) is 26.3. The lowest BCUT2D eigenvalue weighted by Gasteiger charge is -2.41. The highest BCUT2D eigenvalue weighted by Gasteiger charge is 2.53. The normalized spacial score (nSPS) is 38.5. The molecule has 2 aliphatic heterocycles. The minimum Gasteiger partial charge on any atom is -0.504 e. The molecule has 2 heterocycles. The second-order valence-electron chi connectivity index (χ2n) is 9.04. The molecule has 1 saturated carbocycles. The Kier molecular flexibility index (Phi) is 7.64. The molecule has 1 aromatic rings. The van der Waals surface area contributed by atoms with E-state index in [1.54, 1.807) is 0 Å². The highest BCUT2D eigenvalue weighted by Crippen LogP contribution is 2.33. The Hall–Kier alpha value is -2.62. The molecule has 3 unspecified atom stereocenters. The number of aliphatic hydroxyl groups excluding tert-OH is 5. The van der Waals surface area contributed by atoms with Crippen molar-refractivity contribution in [3.8, 4) is 11.5 Å². The number of Topliss-reactive ketones (excluding diaryl/α,β-unsaturated/α-hetero) is 1. The molecule has 0 bridgehead atoms. The van der Waals surface area contributed by atoms with Gasteiger partial charge in [-0.3, -0.25) is 9.59 Å². The summed E-state index contributed by atoms with van der Waals surface area (Å²) in [6.45, 7) is 2.52. The molecular formula is C23H29NO12. The molecule has 198 valence electrons. The first kappa shape index (κ1) is 26.4. The first-order valence-electron chi connectivity index (χ1n) is 11.3. The summed E-state index contributed by atoms with van der Waals surface area (Å²) < 4.78 is 21.1. The lowest BCUT2D eigenvalue weighted by atomic mass is 9.83. The maximum Gasteiger partial charge on any atom is 0.247 e. The second kappa shape index (κ2) is 10.4. The SMILES string of the molecule is CC(=O)[C@H]1OC(Oc2ccc(C=C(C)C(=O)NC3[C@@H](O)C4OCO[C@@H]4[C@H](O)[C@H]3O)cc2O)[C@@H](O)[C@@H]1O. The summed E-state index contributed by atoms with van der Waals surface area (Å²) in [5, 5.41) is 63.9. The number of rotatable bonds is 6. The van der Waals surface area contributed by atoms with E-state index in [-0.39, 0.29) is 23.9 Å². The molecule has 7 N–H and O–H groups in total. The van der Waals surface area contributed by atoms with Crippen LogP contribution in [0, 0.1) is 0 Å². The molecular weight excluding hydrogens is 482 g/mol. The van der Waals surface area contributed by atoms with E-state index in [9.17, 15) is 40.2 Å². The van der Waals surface area contributed by atoms with Gasteiger partial charge in [-0.1, -0.05) is 6.07 Å². The van der Waals surface area contributed by atoms with Crippen LogP contribution in [0.5, 0.6) is 11.5 Å². The number of fused-ring (bicyclic) bond motifs is 1. The molecule has 13 nitrogen and oxygen atoms in total. The van der Waals surface area contributed by atoms with Crippen molar-refractivity contribution < 1.29 is 59.2 Å². The summed E-state index contributed by atoms with van der Waals surface area (Å²) in [4.78, 5) is 24.2. The Balaban J connectivity index is 1.41. The van der Waals surface area contributed by atoms with Gasteiger partial charge < -0.3 is 54.9 Å². The number of hydrogen-bond donors (Lipinski definition) is 7. The fourth-order valence-electron chi connectivity index (χ4n) is 4.46. The highest BCUT2D eigenvalue weighted by atomic mass is 16.7. The van der Waals surface area contributed by atoms with Gasteiger partial charge in [0.15, 0.2) is 17.3 Å². The summed E-state index contributed by atoms with van der Waals surface area (Å²) in [6, 6.07) is 2.90. The van der Waals surface area contributed by atoms with Crippen molar-refractivity contribution >= 4 is 17.8 Å². The van der Waals surface area contributed by atoms with Gasteiger partial charge in [0.25, 0.3) is 0 Å². The van der Waals surface area contributed by atoms with Crippen LogP contribution in [0.15, 0.2) is 23.8 Å². The van der Waals surface area contributed by atoms with E-state index in [0.29, 0.717) is 5.56 Å². The van der Waals surface area contributed by atoms with Crippen molar-refractivity contribution in [2.24, 2.45) is 0 Å². The van der Waals surface area contributed by atoms with E-state index in [1.165, 1.54) is 38.1 Å². The van der Waals surface area contributed by atoms with Gasteiger partial charge in [0, 0.05) is 5.57 Å². The number of hydrogen-bond acceptors (Lipinski definition) is 12. The summed E-state index contributed by atoms with van der Waals surface area (Å²) in [5.74, 6) is -1.59. The Labute approximate surface area is 205 Å². The molecule has 1 aliphatic carbocycles. The van der Waals surface area contributed by atoms with Crippen LogP contribution >= 0.6 is 0 Å². The van der Waals surface area contributed by atoms with Crippen LogP contribution in [-0.2, 0) is 23.8 Å². The largest absolute Gasteiger partial charge is 0.504 e. The van der Waals surface area contributed by atoms with Crippen LogP contribution in [0.3, 0.4) is 0 Å². The molecule has 0 spiro atoms. The van der Waals surface area contributed by atoms with Gasteiger partial charge in [0.1, 0.15) is 55.6 Å². The standard InChI is InChI=1S/C23H29NO12/c1-8(22(32)24-13-14(27)16(29)21-20(15(13)28)33-7-34-21)5-10-3-4-12(11(26)6-10)35-23-18(31)17(30)19(36-23)9(2)25/h3-6,13-21,23,26-31H,7H2,1-2H3,(H,24,32)/t13?,14-,15+,16+,17-,18-,19+,20?,21+,23?/m0/s1. The molecule has 1 amide bonds. The third kappa shape index (κ3) is 4.96. The Morgan fingerprint density at radius 1 is 0.972 bits per heavy atom. The molecule has 2 saturated heterocycles. The topological polar surface area (TPSA) is 204 Å². The van der Waals surface area contributed by atoms with Crippen molar-refractivity contribution in [2.45, 2.75) is 75.0 Å². The quantitative estimate of drug-likeness (QED) is 0.199. The van der Waals surface area contributed by atoms with E-state index < -0.39 is 72.9 Å². The summed E-state index contributed by atoms with van der Waals surface area (Å²) >= 11 is 0. The van der Waals surface area contributed by atoms with Crippen molar-refractivity contribution in [1.29, 1.82) is 0 Å². The first-order chi connectivity index (χ1) is 17.0. The van der Waals surface area contributed by atoms with E-state index in [2.05, 4.69) is 5.32 Å². The number of aliphatic hydroxyl groups is 5. The summed E-state index contributed by atoms with van der Waals surface area (Å²) in [5.41, 5.74) is 0.545. The minimum atomic E-state index is -1.51. The van der Waals surface area contributed by atoms with E-state index in [1.807, 2.05) is 0 Å². The van der Waals surface area contributed by atoms with Crippen LogP contribution in [0.4, 0.5) is 0 Å². The molecule has 36 heavy (non-hydrogen) atoms. The minimum absolute atomic E-state index is 0.0921. The van der Waals surface area contributed by atoms with Crippen LogP contribution in [0.1, 0.15) is 19.4 Å². The van der Waals surface area contributed by atoms with Gasteiger partial charge >= 0.3 is 0 Å². The average Bonchev–Trinajstić information content (AvgIpc) is 3.43. The van der Waals surface area contributed by atoms with Gasteiger partial charge in [-0.2, -0.15) is 0 Å². The second-order valence-corrected chi connectivity index (χ2v) is 9.04. The lowest BCUT2D eigenvalue weighted by molar-refractivity contribution is -0.155. The average molecular weight is 511 g/mol. The maximum atomic E-state index is 12.7. The van der Waals surface area contributed by atoms with Crippen molar-refractivity contribution in [2.75, 3.05) is 6.79 Å². The van der Waals surface area contributed by atoms with Gasteiger partial charge in [-0.05, 0) is 37.6 Å². The van der Waals surface area contributed by atoms with Crippen LogP contribution < -0.4 is 10.1 Å². The zero-order valence-electron chi connectivity index (χ0n) is 19.4. The van der Waals surface area contributed by atoms with Gasteiger partial charge in [-0.25, -0.2) is 0 Å². The third-order valence-corrected chi connectivity index (χ3v) is 6.49. The van der Waals surface area contributed by atoms with Crippen molar-refractivity contribution in [1.82, 2.24) is 5.32 Å². The number of ketones is 1. The van der Waals surface area contributed by atoms with Crippen molar-refractivity contribution in [3.63, 3.8) is 0 Å². The highest BCUT2D eigenvalue weighted by molar-refractivity contribution is 5.97. The number of ether oxygens (including phenoxy) is 4. The van der Waals surface area contributed by atoms with E-state index in [4.69, 9.17) is 18.9 Å². The van der Waals surface area contributed by atoms with Crippen LogP contribution in [-0.4, -0.2) is 110 Å². The predicted molar refractivity (Wildman–Crippen MR) is 118 cm³/mol. The molecule has 13 heteroatoms. The van der Waals surface area contributed by atoms with E-state index >= 15 is 0 Å². The number of benzene rings is 1. The fourth-order valence-corrected chi connectivity index (χ4v) is 4.46. The number of aromatic hydroxyl groups is 1. The first-order valence-corrected chi connectivity index (χ1v) is 11.3. The number of phenolic OH excluding ortho intramolecular Hbond substituents is 1. The number of amides is 1. The molecule has 0 radical (unpaired) electrons. The molecule has 0 aromatic heterocycles. The van der Waals surface area contributed by atoms with E-state index in [0.717, 1.165) is 0 Å². The third-order valence-electron chi connectivity index (χ3n) is 6.49. The summed E-state index contributed by atoms with van der Waals surface area (Å²) in [6.07, 6.45) is -10.2. The lowest BCUT2D eigenvalue weighted by Crippen LogP contribution is -2.67. The Morgan fingerprint density at radius 3 is 2.25 bits per heavy atom. The molecule has 3 fully saturated rings. The number of nitrogens with one attached hydrogen (secondary N) is 1.